The zero-order valence-electron chi connectivity index (χ0n) is 9.52. The van der Waals surface area contributed by atoms with Gasteiger partial charge in [-0.1, -0.05) is 46.3 Å². The molecule has 88 valence electrons. The third-order valence-corrected chi connectivity index (χ3v) is 3.25. The summed E-state index contributed by atoms with van der Waals surface area (Å²) >= 11 is 3.42. The highest BCUT2D eigenvalue weighted by molar-refractivity contribution is 9.10. The summed E-state index contributed by atoms with van der Waals surface area (Å²) in [5.74, 6) is 0.268. The number of rotatable bonds is 2. The van der Waals surface area contributed by atoms with Crippen LogP contribution < -0.4 is 5.73 Å². The van der Waals surface area contributed by atoms with Gasteiger partial charge in [-0.05, 0) is 30.2 Å². The van der Waals surface area contributed by atoms with E-state index in [0.717, 1.165) is 21.2 Å². The number of halogens is 1. The monoisotopic (exact) mass is 291 g/mol. The summed E-state index contributed by atoms with van der Waals surface area (Å²) < 4.78 is 0.925. The molecule has 0 aliphatic carbocycles. The van der Waals surface area contributed by atoms with Crippen molar-refractivity contribution in [3.05, 3.63) is 63.6 Å². The minimum atomic E-state index is -0.313. The molecule has 0 aliphatic rings. The van der Waals surface area contributed by atoms with Crippen LogP contribution in [0.5, 0.6) is 5.75 Å². The molecule has 0 heterocycles. The second-order valence-corrected chi connectivity index (χ2v) is 4.96. The van der Waals surface area contributed by atoms with Crippen molar-refractivity contribution in [1.29, 1.82) is 0 Å². The van der Waals surface area contributed by atoms with Crippen LogP contribution in [-0.2, 0) is 0 Å². The van der Waals surface area contributed by atoms with E-state index in [0.29, 0.717) is 0 Å². The number of hydrogen-bond donors (Lipinski definition) is 2. The molecule has 0 spiro atoms. The Hall–Kier alpha value is -1.32. The molecular formula is C14H14BrNO. The van der Waals surface area contributed by atoms with Crippen LogP contribution in [0.15, 0.2) is 46.9 Å². The molecule has 2 aromatic rings. The van der Waals surface area contributed by atoms with Gasteiger partial charge in [0, 0.05) is 10.0 Å². The topological polar surface area (TPSA) is 46.2 Å². The molecule has 0 aliphatic heterocycles. The molecule has 0 saturated carbocycles. The summed E-state index contributed by atoms with van der Waals surface area (Å²) in [6, 6.07) is 13.2. The van der Waals surface area contributed by atoms with Gasteiger partial charge in [-0.3, -0.25) is 0 Å². The predicted octanol–water partition coefficient (Wildman–Crippen LogP) is 3.51. The molecule has 2 rings (SSSR count). The lowest BCUT2D eigenvalue weighted by Crippen LogP contribution is -2.12. The first-order chi connectivity index (χ1) is 8.09. The number of phenols is 1. The van der Waals surface area contributed by atoms with Crippen molar-refractivity contribution >= 4 is 15.9 Å². The first-order valence-corrected chi connectivity index (χ1v) is 6.18. The molecule has 2 nitrogen and oxygen atoms in total. The summed E-state index contributed by atoms with van der Waals surface area (Å²) in [5.41, 5.74) is 8.72. The average molecular weight is 292 g/mol. The number of aryl methyl sites for hydroxylation is 1. The lowest BCUT2D eigenvalue weighted by molar-refractivity contribution is 0.461. The summed E-state index contributed by atoms with van der Waals surface area (Å²) in [4.78, 5) is 0. The van der Waals surface area contributed by atoms with E-state index in [1.165, 1.54) is 0 Å². The molecule has 17 heavy (non-hydrogen) atoms. The van der Waals surface area contributed by atoms with Crippen molar-refractivity contribution < 1.29 is 5.11 Å². The predicted molar refractivity (Wildman–Crippen MR) is 73.0 cm³/mol. The Morgan fingerprint density at radius 2 is 1.82 bits per heavy atom. The number of hydrogen-bond acceptors (Lipinski definition) is 2. The second kappa shape index (κ2) is 4.90. The Morgan fingerprint density at radius 3 is 2.47 bits per heavy atom. The van der Waals surface area contributed by atoms with Crippen LogP contribution in [0, 0.1) is 6.92 Å². The van der Waals surface area contributed by atoms with Crippen molar-refractivity contribution in [3.63, 3.8) is 0 Å². The molecule has 0 fully saturated rings. The van der Waals surface area contributed by atoms with E-state index in [-0.39, 0.29) is 11.8 Å². The largest absolute Gasteiger partial charge is 0.507 e. The maximum absolute atomic E-state index is 10.1. The lowest BCUT2D eigenvalue weighted by Gasteiger charge is -2.16. The van der Waals surface area contributed by atoms with E-state index in [2.05, 4.69) is 15.9 Å². The smallest absolute Gasteiger partial charge is 0.123 e. The summed E-state index contributed by atoms with van der Waals surface area (Å²) in [5, 5.41) is 10.1. The number of nitrogens with two attached hydrogens (primary N) is 1. The SMILES string of the molecule is Cc1cc(Br)cc(C(N)c2ccccc2)c1O. The fraction of sp³-hybridized carbons (Fsp3) is 0.143. The first-order valence-electron chi connectivity index (χ1n) is 5.39. The van der Waals surface area contributed by atoms with Gasteiger partial charge in [0.05, 0.1) is 6.04 Å². The van der Waals surface area contributed by atoms with Crippen molar-refractivity contribution in [3.8, 4) is 5.75 Å². The third kappa shape index (κ3) is 2.51. The van der Waals surface area contributed by atoms with Crippen LogP contribution in [0.4, 0.5) is 0 Å². The van der Waals surface area contributed by atoms with Crippen LogP contribution in [0.25, 0.3) is 0 Å². The number of benzene rings is 2. The molecule has 1 unspecified atom stereocenters. The van der Waals surface area contributed by atoms with Crippen LogP contribution in [0.1, 0.15) is 22.7 Å². The van der Waals surface area contributed by atoms with Crippen molar-refractivity contribution in [2.75, 3.05) is 0 Å². The molecule has 3 heteroatoms. The molecular weight excluding hydrogens is 278 g/mol. The summed E-state index contributed by atoms with van der Waals surface area (Å²) in [7, 11) is 0. The van der Waals surface area contributed by atoms with E-state index in [1.807, 2.05) is 49.4 Å². The van der Waals surface area contributed by atoms with E-state index in [4.69, 9.17) is 5.73 Å². The average Bonchev–Trinajstić information content (AvgIpc) is 2.34. The fourth-order valence-electron chi connectivity index (χ4n) is 1.84. The molecule has 0 amide bonds. The third-order valence-electron chi connectivity index (χ3n) is 2.79. The fourth-order valence-corrected chi connectivity index (χ4v) is 2.43. The summed E-state index contributed by atoms with van der Waals surface area (Å²) in [6.45, 7) is 1.86. The molecule has 2 aromatic carbocycles. The van der Waals surface area contributed by atoms with Crippen molar-refractivity contribution in [1.82, 2.24) is 0 Å². The molecule has 0 saturated heterocycles. The minimum Gasteiger partial charge on any atom is -0.507 e. The van der Waals surface area contributed by atoms with Crippen LogP contribution in [0.3, 0.4) is 0 Å². The summed E-state index contributed by atoms with van der Waals surface area (Å²) in [6.07, 6.45) is 0. The van der Waals surface area contributed by atoms with E-state index < -0.39 is 0 Å². The van der Waals surface area contributed by atoms with E-state index in [1.54, 1.807) is 0 Å². The van der Waals surface area contributed by atoms with Crippen LogP contribution in [-0.4, -0.2) is 5.11 Å². The number of aromatic hydroxyl groups is 1. The molecule has 3 N–H and O–H groups in total. The van der Waals surface area contributed by atoms with Gasteiger partial charge < -0.3 is 10.8 Å². The Kier molecular flexibility index (Phi) is 3.50. The van der Waals surface area contributed by atoms with E-state index in [9.17, 15) is 5.11 Å². The second-order valence-electron chi connectivity index (χ2n) is 4.05. The van der Waals surface area contributed by atoms with Gasteiger partial charge in [0.25, 0.3) is 0 Å². The van der Waals surface area contributed by atoms with Gasteiger partial charge in [-0.2, -0.15) is 0 Å². The highest BCUT2D eigenvalue weighted by Crippen LogP contribution is 2.33. The molecule has 0 radical (unpaired) electrons. The Bertz CT molecular complexity index is 525. The zero-order chi connectivity index (χ0) is 12.4. The Labute approximate surface area is 109 Å². The standard InChI is InChI=1S/C14H14BrNO/c1-9-7-11(15)8-12(14(9)17)13(16)10-5-3-2-4-6-10/h2-8,13,17H,16H2,1H3. The van der Waals surface area contributed by atoms with Gasteiger partial charge in [0.1, 0.15) is 5.75 Å². The van der Waals surface area contributed by atoms with Crippen molar-refractivity contribution in [2.24, 2.45) is 5.73 Å². The highest BCUT2D eigenvalue weighted by Gasteiger charge is 2.15. The van der Waals surface area contributed by atoms with Gasteiger partial charge in [-0.25, -0.2) is 0 Å². The van der Waals surface area contributed by atoms with Gasteiger partial charge in [0.15, 0.2) is 0 Å². The van der Waals surface area contributed by atoms with E-state index >= 15 is 0 Å². The van der Waals surface area contributed by atoms with Crippen LogP contribution in [0.2, 0.25) is 0 Å². The highest BCUT2D eigenvalue weighted by atomic mass is 79.9. The normalized spacial score (nSPS) is 12.4. The first kappa shape index (κ1) is 12.1. The molecule has 0 bridgehead atoms. The Balaban J connectivity index is 2.48. The van der Waals surface area contributed by atoms with Gasteiger partial charge in [-0.15, -0.1) is 0 Å². The van der Waals surface area contributed by atoms with Crippen LogP contribution >= 0.6 is 15.9 Å². The zero-order valence-corrected chi connectivity index (χ0v) is 11.1. The molecule has 1 atom stereocenters. The minimum absolute atomic E-state index is 0.268. The lowest BCUT2D eigenvalue weighted by atomic mass is 9.97. The Morgan fingerprint density at radius 1 is 1.18 bits per heavy atom. The maximum atomic E-state index is 10.1. The van der Waals surface area contributed by atoms with Gasteiger partial charge in [0.2, 0.25) is 0 Å². The quantitative estimate of drug-likeness (QED) is 0.889. The van der Waals surface area contributed by atoms with Gasteiger partial charge >= 0.3 is 0 Å². The van der Waals surface area contributed by atoms with Crippen molar-refractivity contribution in [2.45, 2.75) is 13.0 Å². The molecule has 0 aromatic heterocycles. The maximum Gasteiger partial charge on any atom is 0.123 e. The number of phenolic OH excluding ortho intramolecular Hbond substituents is 1.